The molecule has 0 aromatic heterocycles. The molecule has 0 saturated carbocycles. The lowest BCUT2D eigenvalue weighted by molar-refractivity contribution is -0.118. The fourth-order valence-corrected chi connectivity index (χ4v) is 1.74. The first-order valence-electron chi connectivity index (χ1n) is 6.59. The average molecular weight is 289 g/mol. The normalized spacial score (nSPS) is 10.0. The Morgan fingerprint density at radius 2 is 1.95 bits per heavy atom. The highest BCUT2D eigenvalue weighted by molar-refractivity contribution is 5.93. The van der Waals surface area contributed by atoms with Crippen LogP contribution in [0.4, 0.5) is 10.1 Å². The van der Waals surface area contributed by atoms with Gasteiger partial charge < -0.3 is 14.8 Å². The first-order valence-corrected chi connectivity index (χ1v) is 6.59. The standard InChI is InChI=1S/C16H16FNO3/c1-2-20-15-9-4-3-8-14(15)18-16(19)11-21-13-7-5-6-12(17)10-13/h3-10H,2,11H2,1H3,(H,18,19). The van der Waals surface area contributed by atoms with E-state index in [1.807, 2.05) is 13.0 Å². The summed E-state index contributed by atoms with van der Waals surface area (Å²) < 4.78 is 23.6. The molecule has 4 nitrogen and oxygen atoms in total. The van der Waals surface area contributed by atoms with Crippen molar-refractivity contribution in [2.75, 3.05) is 18.5 Å². The van der Waals surface area contributed by atoms with Crippen molar-refractivity contribution in [3.05, 3.63) is 54.3 Å². The van der Waals surface area contributed by atoms with E-state index >= 15 is 0 Å². The van der Waals surface area contributed by atoms with E-state index in [-0.39, 0.29) is 12.5 Å². The van der Waals surface area contributed by atoms with Crippen LogP contribution in [-0.2, 0) is 4.79 Å². The number of amides is 1. The van der Waals surface area contributed by atoms with Crippen LogP contribution in [0.2, 0.25) is 0 Å². The maximum atomic E-state index is 13.0. The van der Waals surface area contributed by atoms with Crippen molar-refractivity contribution < 1.29 is 18.7 Å². The van der Waals surface area contributed by atoms with Gasteiger partial charge >= 0.3 is 0 Å². The molecule has 0 unspecified atom stereocenters. The third-order valence-corrected chi connectivity index (χ3v) is 2.63. The molecule has 0 saturated heterocycles. The van der Waals surface area contributed by atoms with Crippen molar-refractivity contribution in [3.63, 3.8) is 0 Å². The highest BCUT2D eigenvalue weighted by Gasteiger charge is 2.08. The molecule has 0 aliphatic heterocycles. The van der Waals surface area contributed by atoms with Crippen LogP contribution < -0.4 is 14.8 Å². The van der Waals surface area contributed by atoms with E-state index in [0.717, 1.165) is 0 Å². The molecule has 2 aromatic rings. The zero-order valence-corrected chi connectivity index (χ0v) is 11.6. The van der Waals surface area contributed by atoms with Crippen LogP contribution in [0.5, 0.6) is 11.5 Å². The third kappa shape index (κ3) is 4.49. The number of hydrogen-bond donors (Lipinski definition) is 1. The zero-order chi connectivity index (χ0) is 15.1. The van der Waals surface area contributed by atoms with Gasteiger partial charge in [0.05, 0.1) is 12.3 Å². The number of carbonyl (C=O) groups excluding carboxylic acids is 1. The first kappa shape index (κ1) is 14.8. The van der Waals surface area contributed by atoms with Gasteiger partial charge in [-0.15, -0.1) is 0 Å². The highest BCUT2D eigenvalue weighted by atomic mass is 19.1. The van der Waals surface area contributed by atoms with Crippen molar-refractivity contribution in [1.82, 2.24) is 0 Å². The van der Waals surface area contributed by atoms with E-state index < -0.39 is 5.82 Å². The fraction of sp³-hybridized carbons (Fsp3) is 0.188. The molecule has 1 N–H and O–H groups in total. The summed E-state index contributed by atoms with van der Waals surface area (Å²) in [6.07, 6.45) is 0. The van der Waals surface area contributed by atoms with E-state index in [1.165, 1.54) is 18.2 Å². The quantitative estimate of drug-likeness (QED) is 0.888. The van der Waals surface area contributed by atoms with E-state index in [2.05, 4.69) is 5.32 Å². The Morgan fingerprint density at radius 3 is 2.71 bits per heavy atom. The molecular weight excluding hydrogens is 273 g/mol. The van der Waals surface area contributed by atoms with E-state index in [0.29, 0.717) is 23.8 Å². The smallest absolute Gasteiger partial charge is 0.262 e. The van der Waals surface area contributed by atoms with Crippen molar-refractivity contribution in [2.24, 2.45) is 0 Å². The zero-order valence-electron chi connectivity index (χ0n) is 11.6. The maximum absolute atomic E-state index is 13.0. The Kier molecular flexibility index (Phi) is 5.15. The van der Waals surface area contributed by atoms with Crippen LogP contribution >= 0.6 is 0 Å². The summed E-state index contributed by atoms with van der Waals surface area (Å²) >= 11 is 0. The van der Waals surface area contributed by atoms with Crippen molar-refractivity contribution >= 4 is 11.6 Å². The van der Waals surface area contributed by atoms with Gasteiger partial charge in [0.1, 0.15) is 17.3 Å². The average Bonchev–Trinajstić information content (AvgIpc) is 2.48. The van der Waals surface area contributed by atoms with Crippen molar-refractivity contribution in [1.29, 1.82) is 0 Å². The first-order chi connectivity index (χ1) is 10.2. The van der Waals surface area contributed by atoms with Crippen LogP contribution in [0.3, 0.4) is 0 Å². The van der Waals surface area contributed by atoms with Gasteiger partial charge in [0.15, 0.2) is 6.61 Å². The maximum Gasteiger partial charge on any atom is 0.262 e. The Labute approximate surface area is 122 Å². The molecule has 5 heteroatoms. The van der Waals surface area contributed by atoms with Gasteiger partial charge in [0, 0.05) is 6.07 Å². The molecule has 0 radical (unpaired) electrons. The molecule has 21 heavy (non-hydrogen) atoms. The second-order valence-corrected chi connectivity index (χ2v) is 4.22. The van der Waals surface area contributed by atoms with Crippen LogP contribution in [0.15, 0.2) is 48.5 Å². The van der Waals surface area contributed by atoms with Gasteiger partial charge in [0.2, 0.25) is 0 Å². The minimum Gasteiger partial charge on any atom is -0.492 e. The van der Waals surface area contributed by atoms with Gasteiger partial charge in [-0.3, -0.25) is 4.79 Å². The monoisotopic (exact) mass is 289 g/mol. The summed E-state index contributed by atoms with van der Waals surface area (Å²) in [5.74, 6) is 0.156. The Balaban J connectivity index is 1.93. The molecule has 0 bridgehead atoms. The molecule has 0 fully saturated rings. The summed E-state index contributed by atoms with van der Waals surface area (Å²) in [7, 11) is 0. The number of ether oxygens (including phenoxy) is 2. The predicted molar refractivity (Wildman–Crippen MR) is 78.1 cm³/mol. The summed E-state index contributed by atoms with van der Waals surface area (Å²) in [5.41, 5.74) is 0.576. The molecule has 0 aliphatic rings. The Bertz CT molecular complexity index is 616. The van der Waals surface area contributed by atoms with Gasteiger partial charge in [-0.1, -0.05) is 18.2 Å². The molecule has 2 rings (SSSR count). The minimum absolute atomic E-state index is 0.204. The lowest BCUT2D eigenvalue weighted by atomic mass is 10.3. The number of benzene rings is 2. The SMILES string of the molecule is CCOc1ccccc1NC(=O)COc1cccc(F)c1. The van der Waals surface area contributed by atoms with Crippen molar-refractivity contribution in [2.45, 2.75) is 6.92 Å². The molecule has 0 spiro atoms. The molecule has 2 aromatic carbocycles. The number of anilines is 1. The third-order valence-electron chi connectivity index (χ3n) is 2.63. The lowest BCUT2D eigenvalue weighted by Crippen LogP contribution is -2.20. The number of nitrogens with one attached hydrogen (secondary N) is 1. The molecule has 0 aliphatic carbocycles. The molecule has 0 atom stereocenters. The largest absolute Gasteiger partial charge is 0.492 e. The number of para-hydroxylation sites is 2. The lowest BCUT2D eigenvalue weighted by Gasteiger charge is -2.11. The van der Waals surface area contributed by atoms with Crippen molar-refractivity contribution in [3.8, 4) is 11.5 Å². The van der Waals surface area contributed by atoms with Crippen LogP contribution in [0, 0.1) is 5.82 Å². The Hall–Kier alpha value is -2.56. The number of carbonyl (C=O) groups is 1. The topological polar surface area (TPSA) is 47.6 Å². The summed E-state index contributed by atoms with van der Waals surface area (Å²) in [4.78, 5) is 11.8. The second kappa shape index (κ2) is 7.28. The highest BCUT2D eigenvalue weighted by Crippen LogP contribution is 2.23. The number of halogens is 1. The molecule has 1 amide bonds. The number of rotatable bonds is 6. The van der Waals surface area contributed by atoms with Gasteiger partial charge in [-0.2, -0.15) is 0 Å². The summed E-state index contributed by atoms with van der Waals surface area (Å²) in [5, 5.41) is 2.70. The van der Waals surface area contributed by atoms with E-state index in [4.69, 9.17) is 9.47 Å². The predicted octanol–water partition coefficient (Wildman–Crippen LogP) is 3.24. The number of hydrogen-bond acceptors (Lipinski definition) is 3. The summed E-state index contributed by atoms with van der Waals surface area (Å²) in [6.45, 7) is 2.17. The van der Waals surface area contributed by atoms with Gasteiger partial charge in [-0.05, 0) is 31.2 Å². The molecular formula is C16H16FNO3. The van der Waals surface area contributed by atoms with Gasteiger partial charge in [-0.25, -0.2) is 4.39 Å². The fourth-order valence-electron chi connectivity index (χ4n) is 1.74. The minimum atomic E-state index is -0.408. The van der Waals surface area contributed by atoms with E-state index in [9.17, 15) is 9.18 Å². The van der Waals surface area contributed by atoms with E-state index in [1.54, 1.807) is 24.3 Å². The van der Waals surface area contributed by atoms with Crippen LogP contribution in [0.1, 0.15) is 6.92 Å². The summed E-state index contributed by atoms with van der Waals surface area (Å²) in [6, 6.07) is 12.8. The molecule has 0 heterocycles. The molecule has 110 valence electrons. The van der Waals surface area contributed by atoms with Crippen LogP contribution in [0.25, 0.3) is 0 Å². The van der Waals surface area contributed by atoms with Crippen LogP contribution in [-0.4, -0.2) is 19.1 Å². The van der Waals surface area contributed by atoms with Gasteiger partial charge in [0.25, 0.3) is 5.91 Å². The Morgan fingerprint density at radius 1 is 1.14 bits per heavy atom. The second-order valence-electron chi connectivity index (χ2n) is 4.22.